The standard InChI is InChI=1S/C18H26ClN3O2.2ClH/c1-18(21-10-8-20(9-11-21)12-13-24-2)6-7-22(17(18)23)16-5-3-4-15(19)14-16;;/h3-5,14H,6-13H2,1-2H3;2*1H. The molecule has 5 nitrogen and oxygen atoms in total. The molecule has 0 bridgehead atoms. The number of halogens is 3. The summed E-state index contributed by atoms with van der Waals surface area (Å²) in [5.41, 5.74) is 0.491. The number of amides is 1. The van der Waals surface area contributed by atoms with Crippen molar-refractivity contribution in [2.24, 2.45) is 0 Å². The first-order chi connectivity index (χ1) is 11.5. The number of anilines is 1. The van der Waals surface area contributed by atoms with Crippen molar-refractivity contribution in [2.45, 2.75) is 18.9 Å². The average Bonchev–Trinajstić information content (AvgIpc) is 2.90. The molecule has 2 saturated heterocycles. The number of nitrogens with zero attached hydrogens (tertiary/aromatic N) is 3. The third kappa shape index (κ3) is 4.83. The van der Waals surface area contributed by atoms with E-state index in [1.165, 1.54) is 0 Å². The lowest BCUT2D eigenvalue weighted by Crippen LogP contribution is -2.59. The van der Waals surface area contributed by atoms with Crippen molar-refractivity contribution < 1.29 is 9.53 Å². The van der Waals surface area contributed by atoms with E-state index in [9.17, 15) is 4.79 Å². The van der Waals surface area contributed by atoms with Crippen LogP contribution in [0.25, 0.3) is 0 Å². The van der Waals surface area contributed by atoms with E-state index in [2.05, 4.69) is 16.7 Å². The molecule has 1 aromatic carbocycles. The van der Waals surface area contributed by atoms with Crippen molar-refractivity contribution in [3.05, 3.63) is 29.3 Å². The summed E-state index contributed by atoms with van der Waals surface area (Å²) in [5.74, 6) is 0.190. The van der Waals surface area contributed by atoms with Crippen LogP contribution in [0, 0.1) is 0 Å². The largest absolute Gasteiger partial charge is 0.383 e. The van der Waals surface area contributed by atoms with Crippen molar-refractivity contribution >= 4 is 48.0 Å². The molecule has 1 unspecified atom stereocenters. The fourth-order valence-electron chi connectivity index (χ4n) is 3.70. The third-order valence-electron chi connectivity index (χ3n) is 5.33. The number of methoxy groups -OCH3 is 1. The SMILES string of the molecule is COCCN1CCN(C2(C)CCN(c3cccc(Cl)c3)C2=O)CC1.Cl.Cl. The second-order valence-electron chi connectivity index (χ2n) is 6.78. The molecule has 8 heteroatoms. The Morgan fingerprint density at radius 2 is 1.85 bits per heavy atom. The fourth-order valence-corrected chi connectivity index (χ4v) is 3.88. The summed E-state index contributed by atoms with van der Waals surface area (Å²) < 4.78 is 5.15. The number of hydrogen-bond donors (Lipinski definition) is 0. The van der Waals surface area contributed by atoms with Gasteiger partial charge in [-0.3, -0.25) is 14.6 Å². The van der Waals surface area contributed by atoms with Crippen molar-refractivity contribution in [1.82, 2.24) is 9.80 Å². The summed E-state index contributed by atoms with van der Waals surface area (Å²) in [5, 5.41) is 0.667. The maximum atomic E-state index is 13.1. The molecule has 0 N–H and O–H groups in total. The predicted molar refractivity (Wildman–Crippen MR) is 111 cm³/mol. The number of piperazine rings is 1. The molecule has 148 valence electrons. The first kappa shape index (κ1) is 23.5. The van der Waals surface area contributed by atoms with Gasteiger partial charge in [0.05, 0.1) is 12.1 Å². The molecule has 3 rings (SSSR count). The van der Waals surface area contributed by atoms with Crippen molar-refractivity contribution in [2.75, 3.05) is 57.9 Å². The number of ether oxygens (including phenoxy) is 1. The molecule has 26 heavy (non-hydrogen) atoms. The molecule has 2 aliphatic rings. The Morgan fingerprint density at radius 3 is 2.46 bits per heavy atom. The highest BCUT2D eigenvalue weighted by molar-refractivity contribution is 6.31. The van der Waals surface area contributed by atoms with Crippen LogP contribution < -0.4 is 4.90 Å². The van der Waals surface area contributed by atoms with Gasteiger partial charge in [0.25, 0.3) is 0 Å². The maximum Gasteiger partial charge on any atom is 0.247 e. The lowest BCUT2D eigenvalue weighted by molar-refractivity contribution is -0.128. The van der Waals surface area contributed by atoms with Gasteiger partial charge in [-0.05, 0) is 31.5 Å². The van der Waals surface area contributed by atoms with E-state index in [1.54, 1.807) is 7.11 Å². The van der Waals surface area contributed by atoms with Crippen LogP contribution in [0.1, 0.15) is 13.3 Å². The topological polar surface area (TPSA) is 36.0 Å². The van der Waals surface area contributed by atoms with Gasteiger partial charge in [-0.15, -0.1) is 24.8 Å². The van der Waals surface area contributed by atoms with Crippen LogP contribution in [-0.2, 0) is 9.53 Å². The second-order valence-corrected chi connectivity index (χ2v) is 7.22. The van der Waals surface area contributed by atoms with E-state index in [1.807, 2.05) is 29.2 Å². The zero-order chi connectivity index (χ0) is 17.2. The minimum atomic E-state index is -0.407. The lowest BCUT2D eigenvalue weighted by Gasteiger charge is -2.42. The van der Waals surface area contributed by atoms with E-state index >= 15 is 0 Å². The maximum absolute atomic E-state index is 13.1. The molecule has 0 saturated carbocycles. The van der Waals surface area contributed by atoms with Crippen LogP contribution in [0.5, 0.6) is 0 Å². The zero-order valence-electron chi connectivity index (χ0n) is 15.3. The molecule has 0 spiro atoms. The number of hydrogen-bond acceptors (Lipinski definition) is 4. The summed E-state index contributed by atoms with van der Waals surface area (Å²) >= 11 is 6.08. The summed E-state index contributed by atoms with van der Waals surface area (Å²) in [7, 11) is 1.74. The van der Waals surface area contributed by atoms with Crippen LogP contribution in [0.4, 0.5) is 5.69 Å². The summed E-state index contributed by atoms with van der Waals surface area (Å²) in [6.45, 7) is 8.39. The van der Waals surface area contributed by atoms with Crippen molar-refractivity contribution in [3.63, 3.8) is 0 Å². The molecule has 0 aromatic heterocycles. The normalized spacial score (nSPS) is 24.3. The first-order valence-corrected chi connectivity index (χ1v) is 8.96. The monoisotopic (exact) mass is 423 g/mol. The van der Waals surface area contributed by atoms with Crippen LogP contribution >= 0.6 is 36.4 Å². The molecule has 2 heterocycles. The van der Waals surface area contributed by atoms with Gasteiger partial charge in [0.2, 0.25) is 5.91 Å². The third-order valence-corrected chi connectivity index (χ3v) is 5.56. The molecular formula is C18H28Cl3N3O2. The van der Waals surface area contributed by atoms with Gasteiger partial charge >= 0.3 is 0 Å². The number of benzene rings is 1. The van der Waals surface area contributed by atoms with Gasteiger partial charge in [0.15, 0.2) is 0 Å². The Kier molecular flexibility index (Phi) is 9.13. The quantitative estimate of drug-likeness (QED) is 0.728. The van der Waals surface area contributed by atoms with Gasteiger partial charge in [-0.2, -0.15) is 0 Å². The lowest BCUT2D eigenvalue weighted by atomic mass is 9.97. The van der Waals surface area contributed by atoms with Crippen molar-refractivity contribution in [1.29, 1.82) is 0 Å². The average molecular weight is 425 g/mol. The minimum absolute atomic E-state index is 0. The smallest absolute Gasteiger partial charge is 0.247 e. The number of rotatable bonds is 5. The van der Waals surface area contributed by atoms with Gasteiger partial charge < -0.3 is 9.64 Å². The van der Waals surface area contributed by atoms with Crippen LogP contribution in [0.15, 0.2) is 24.3 Å². The Hall–Kier alpha value is -0.560. The summed E-state index contributed by atoms with van der Waals surface area (Å²) in [4.78, 5) is 19.7. The molecule has 0 radical (unpaired) electrons. The van der Waals surface area contributed by atoms with Crippen LogP contribution in [0.2, 0.25) is 5.02 Å². The number of carbonyl (C=O) groups excluding carboxylic acids is 1. The van der Waals surface area contributed by atoms with E-state index in [-0.39, 0.29) is 30.7 Å². The van der Waals surface area contributed by atoms with Gasteiger partial charge in [-0.25, -0.2) is 0 Å². The number of carbonyl (C=O) groups is 1. The highest BCUT2D eigenvalue weighted by Gasteiger charge is 2.48. The molecule has 1 aromatic rings. The van der Waals surface area contributed by atoms with E-state index in [4.69, 9.17) is 16.3 Å². The Labute approximate surface area is 173 Å². The van der Waals surface area contributed by atoms with Gasteiger partial charge in [0, 0.05) is 57.1 Å². The zero-order valence-corrected chi connectivity index (χ0v) is 17.7. The Bertz CT molecular complexity index is 597. The molecular weight excluding hydrogens is 397 g/mol. The van der Waals surface area contributed by atoms with Gasteiger partial charge in [-0.1, -0.05) is 17.7 Å². The molecule has 0 aliphatic carbocycles. The molecule has 1 amide bonds. The van der Waals surface area contributed by atoms with E-state index in [0.29, 0.717) is 5.02 Å². The van der Waals surface area contributed by atoms with Crippen LogP contribution in [-0.4, -0.2) is 74.2 Å². The summed E-state index contributed by atoms with van der Waals surface area (Å²) in [6.07, 6.45) is 0.858. The van der Waals surface area contributed by atoms with E-state index < -0.39 is 5.54 Å². The van der Waals surface area contributed by atoms with Gasteiger partial charge in [0.1, 0.15) is 0 Å². The highest BCUT2D eigenvalue weighted by atomic mass is 35.5. The Morgan fingerprint density at radius 1 is 1.15 bits per heavy atom. The first-order valence-electron chi connectivity index (χ1n) is 8.58. The molecule has 1 atom stereocenters. The predicted octanol–water partition coefficient (Wildman–Crippen LogP) is 2.94. The van der Waals surface area contributed by atoms with E-state index in [0.717, 1.165) is 58.0 Å². The minimum Gasteiger partial charge on any atom is -0.383 e. The Balaban J connectivity index is 0.00000169. The molecule has 2 fully saturated rings. The summed E-state index contributed by atoms with van der Waals surface area (Å²) in [6, 6.07) is 7.56. The van der Waals surface area contributed by atoms with Crippen molar-refractivity contribution in [3.8, 4) is 0 Å². The highest BCUT2D eigenvalue weighted by Crippen LogP contribution is 2.34. The fraction of sp³-hybridized carbons (Fsp3) is 0.611. The van der Waals surface area contributed by atoms with Crippen LogP contribution in [0.3, 0.4) is 0 Å². The second kappa shape index (κ2) is 10.1. The molecule has 2 aliphatic heterocycles.